The van der Waals surface area contributed by atoms with E-state index in [0.717, 1.165) is 12.8 Å². The fourth-order valence-corrected chi connectivity index (χ4v) is 5.66. The Bertz CT molecular complexity index is 902. The molecule has 2 N–H and O–H groups in total. The number of fused-ring (bicyclic) bond motifs is 1. The number of nitrogens with zero attached hydrogens (tertiary/aromatic N) is 2. The third-order valence-corrected chi connectivity index (χ3v) is 7.57. The first-order valence-corrected chi connectivity index (χ1v) is 12.0. The molecule has 4 fully saturated rings. The fourth-order valence-electron chi connectivity index (χ4n) is 5.66. The Morgan fingerprint density at radius 3 is 2.58 bits per heavy atom. The highest BCUT2D eigenvalue weighted by atomic mass is 19.1. The van der Waals surface area contributed by atoms with Gasteiger partial charge >= 0.3 is 0 Å². The number of halogens is 1. The van der Waals surface area contributed by atoms with Crippen molar-refractivity contribution in [1.82, 2.24) is 20.4 Å². The molecule has 4 saturated heterocycles. The molecule has 3 unspecified atom stereocenters. The molecule has 33 heavy (non-hydrogen) atoms. The predicted octanol–water partition coefficient (Wildman–Crippen LogP) is 0.772. The van der Waals surface area contributed by atoms with E-state index < -0.39 is 0 Å². The van der Waals surface area contributed by atoms with Crippen LogP contribution >= 0.6 is 0 Å². The zero-order valence-electron chi connectivity index (χ0n) is 18.7. The number of Topliss-reactive ketones (excluding diaryl/α,β-unsaturated/α-hetero) is 1. The lowest BCUT2D eigenvalue weighted by molar-refractivity contribution is -0.138. The van der Waals surface area contributed by atoms with Crippen molar-refractivity contribution < 1.29 is 23.5 Å². The molecular formula is C24H31FN4O4. The van der Waals surface area contributed by atoms with E-state index in [-0.39, 0.29) is 53.5 Å². The average Bonchev–Trinajstić information content (AvgIpc) is 3.19. The molecule has 4 aliphatic rings. The summed E-state index contributed by atoms with van der Waals surface area (Å²) in [7, 11) is 0. The summed E-state index contributed by atoms with van der Waals surface area (Å²) in [5, 5.41) is 6.48. The second kappa shape index (κ2) is 9.48. The molecule has 4 aliphatic heterocycles. The molecule has 2 amide bonds. The number of piperidine rings is 1. The number of nitrogens with one attached hydrogen (secondary N) is 2. The third kappa shape index (κ3) is 4.67. The van der Waals surface area contributed by atoms with E-state index in [4.69, 9.17) is 4.74 Å². The van der Waals surface area contributed by atoms with E-state index in [1.54, 1.807) is 12.1 Å². The van der Waals surface area contributed by atoms with Gasteiger partial charge in [0.15, 0.2) is 5.78 Å². The minimum Gasteiger partial charge on any atom is -0.381 e. The number of carbonyl (C=O) groups is 3. The zero-order valence-corrected chi connectivity index (χ0v) is 18.7. The molecule has 0 spiro atoms. The van der Waals surface area contributed by atoms with Crippen molar-refractivity contribution in [3.8, 4) is 0 Å². The van der Waals surface area contributed by atoms with Gasteiger partial charge in [-0.05, 0) is 63.0 Å². The smallest absolute Gasteiger partial charge is 0.240 e. The molecule has 4 atom stereocenters. The number of ketones is 1. The Morgan fingerprint density at radius 1 is 1.06 bits per heavy atom. The van der Waals surface area contributed by atoms with E-state index in [1.807, 2.05) is 4.90 Å². The van der Waals surface area contributed by atoms with Crippen LogP contribution in [0.5, 0.6) is 0 Å². The van der Waals surface area contributed by atoms with Crippen molar-refractivity contribution in [1.29, 1.82) is 0 Å². The van der Waals surface area contributed by atoms with E-state index in [9.17, 15) is 18.8 Å². The number of benzene rings is 1. The molecule has 0 bridgehead atoms. The van der Waals surface area contributed by atoms with Crippen LogP contribution in [0.4, 0.5) is 4.39 Å². The highest BCUT2D eigenvalue weighted by Gasteiger charge is 2.42. The molecular weight excluding hydrogens is 427 g/mol. The number of amides is 2. The van der Waals surface area contributed by atoms with Gasteiger partial charge in [0, 0.05) is 30.7 Å². The van der Waals surface area contributed by atoms with Crippen molar-refractivity contribution in [2.75, 3.05) is 39.4 Å². The van der Waals surface area contributed by atoms with Crippen molar-refractivity contribution in [3.05, 3.63) is 35.6 Å². The SMILES string of the molecule is O=C(c1ccc(F)cc1)C1CCN([C@@H]2CCN(CC3NC(=O)C4COCCC4N3)C2=O)CC1. The van der Waals surface area contributed by atoms with Crippen LogP contribution < -0.4 is 10.6 Å². The first-order chi connectivity index (χ1) is 16.0. The first-order valence-electron chi connectivity index (χ1n) is 12.0. The zero-order chi connectivity index (χ0) is 22.9. The van der Waals surface area contributed by atoms with Gasteiger partial charge in [0.2, 0.25) is 11.8 Å². The van der Waals surface area contributed by atoms with E-state index >= 15 is 0 Å². The standard InChI is InChI=1S/C24H31FN4O4/c25-17-3-1-15(2-4-17)22(30)16-5-9-28(10-6-16)20-7-11-29(24(20)32)13-21-26-19-8-12-33-14-18(19)23(31)27-21/h1-4,16,18-21,26H,5-14H2,(H,27,31)/t18?,19?,20-,21?/m1/s1. The normalized spacial score (nSPS) is 31.4. The maximum atomic E-state index is 13.1. The van der Waals surface area contributed by atoms with Gasteiger partial charge in [0.1, 0.15) is 5.82 Å². The molecule has 1 aromatic carbocycles. The number of hydrogen-bond acceptors (Lipinski definition) is 6. The molecule has 0 radical (unpaired) electrons. The number of carbonyl (C=O) groups excluding carboxylic acids is 3. The van der Waals surface area contributed by atoms with Gasteiger partial charge < -0.3 is 15.0 Å². The summed E-state index contributed by atoms with van der Waals surface area (Å²) in [6.07, 6.45) is 2.72. The van der Waals surface area contributed by atoms with Gasteiger partial charge in [-0.25, -0.2) is 4.39 Å². The van der Waals surface area contributed by atoms with Gasteiger partial charge in [-0.1, -0.05) is 0 Å². The second-order valence-electron chi connectivity index (χ2n) is 9.57. The molecule has 5 rings (SSSR count). The molecule has 178 valence electrons. The van der Waals surface area contributed by atoms with Gasteiger partial charge in [-0.15, -0.1) is 0 Å². The van der Waals surface area contributed by atoms with Gasteiger partial charge in [0.05, 0.1) is 31.3 Å². The highest BCUT2D eigenvalue weighted by molar-refractivity contribution is 5.97. The Labute approximate surface area is 192 Å². The van der Waals surface area contributed by atoms with Crippen LogP contribution in [0.2, 0.25) is 0 Å². The minimum absolute atomic E-state index is 0.000426. The summed E-state index contributed by atoms with van der Waals surface area (Å²) >= 11 is 0. The molecule has 0 saturated carbocycles. The molecule has 0 aliphatic carbocycles. The first kappa shape index (κ1) is 22.4. The quantitative estimate of drug-likeness (QED) is 0.634. The lowest BCUT2D eigenvalue weighted by atomic mass is 9.88. The summed E-state index contributed by atoms with van der Waals surface area (Å²) in [6, 6.07) is 5.66. The van der Waals surface area contributed by atoms with Crippen molar-refractivity contribution in [2.24, 2.45) is 11.8 Å². The molecule has 8 nitrogen and oxygen atoms in total. The number of ether oxygens (including phenoxy) is 1. The second-order valence-corrected chi connectivity index (χ2v) is 9.57. The Hall–Kier alpha value is -2.36. The van der Waals surface area contributed by atoms with Crippen molar-refractivity contribution in [3.63, 3.8) is 0 Å². The van der Waals surface area contributed by atoms with Crippen molar-refractivity contribution >= 4 is 17.6 Å². The fraction of sp³-hybridized carbons (Fsp3) is 0.625. The largest absolute Gasteiger partial charge is 0.381 e. The summed E-state index contributed by atoms with van der Waals surface area (Å²) in [4.78, 5) is 42.3. The van der Waals surface area contributed by atoms with E-state index in [2.05, 4.69) is 15.5 Å². The van der Waals surface area contributed by atoms with Crippen molar-refractivity contribution in [2.45, 2.75) is 43.9 Å². The third-order valence-electron chi connectivity index (χ3n) is 7.57. The molecule has 0 aromatic heterocycles. The predicted molar refractivity (Wildman–Crippen MR) is 118 cm³/mol. The van der Waals surface area contributed by atoms with E-state index in [1.165, 1.54) is 12.1 Å². The van der Waals surface area contributed by atoms with Crippen LogP contribution in [0.25, 0.3) is 0 Å². The Morgan fingerprint density at radius 2 is 1.82 bits per heavy atom. The van der Waals surface area contributed by atoms with Crippen LogP contribution in [0.1, 0.15) is 36.0 Å². The van der Waals surface area contributed by atoms with Crippen LogP contribution in [-0.2, 0) is 14.3 Å². The molecule has 1 aromatic rings. The molecule has 9 heteroatoms. The van der Waals surface area contributed by atoms with Gasteiger partial charge in [-0.3, -0.25) is 24.6 Å². The Balaban J connectivity index is 1.12. The number of rotatable bonds is 5. The average molecular weight is 459 g/mol. The molecule has 4 heterocycles. The van der Waals surface area contributed by atoms with E-state index in [0.29, 0.717) is 57.8 Å². The number of likely N-dealkylation sites (tertiary alicyclic amines) is 2. The van der Waals surface area contributed by atoms with Crippen LogP contribution in [0.15, 0.2) is 24.3 Å². The number of hydrogen-bond donors (Lipinski definition) is 2. The van der Waals surface area contributed by atoms with Crippen LogP contribution in [0, 0.1) is 17.7 Å². The summed E-state index contributed by atoms with van der Waals surface area (Å²) in [5.41, 5.74) is 0.548. The lowest BCUT2D eigenvalue weighted by Gasteiger charge is -2.41. The lowest BCUT2D eigenvalue weighted by Crippen LogP contribution is -2.66. The van der Waals surface area contributed by atoms with Gasteiger partial charge in [0.25, 0.3) is 0 Å². The Kier molecular flexibility index (Phi) is 6.44. The monoisotopic (exact) mass is 458 g/mol. The maximum absolute atomic E-state index is 13.1. The summed E-state index contributed by atoms with van der Waals surface area (Å²) in [6.45, 7) is 3.63. The van der Waals surface area contributed by atoms with Crippen LogP contribution in [-0.4, -0.2) is 85.0 Å². The summed E-state index contributed by atoms with van der Waals surface area (Å²) in [5.74, 6) is -0.437. The summed E-state index contributed by atoms with van der Waals surface area (Å²) < 4.78 is 18.6. The van der Waals surface area contributed by atoms with Crippen LogP contribution in [0.3, 0.4) is 0 Å². The minimum atomic E-state index is -0.346. The van der Waals surface area contributed by atoms with Gasteiger partial charge in [-0.2, -0.15) is 0 Å². The highest BCUT2D eigenvalue weighted by Crippen LogP contribution is 2.27. The topological polar surface area (TPSA) is 91.0 Å². The maximum Gasteiger partial charge on any atom is 0.240 e.